The lowest BCUT2D eigenvalue weighted by Crippen LogP contribution is -2.32. The van der Waals surface area contributed by atoms with Crippen molar-refractivity contribution in [1.29, 1.82) is 0 Å². The van der Waals surface area contributed by atoms with E-state index in [0.717, 1.165) is 17.5 Å². The molecule has 0 aliphatic carbocycles. The van der Waals surface area contributed by atoms with Crippen molar-refractivity contribution in [3.05, 3.63) is 46.7 Å². The van der Waals surface area contributed by atoms with Crippen LogP contribution in [0.15, 0.2) is 46.3 Å². The van der Waals surface area contributed by atoms with Crippen LogP contribution < -0.4 is 0 Å². The molecule has 5 nitrogen and oxygen atoms in total. The number of rotatable bonds is 5. The van der Waals surface area contributed by atoms with E-state index in [1.54, 1.807) is 13.8 Å². The van der Waals surface area contributed by atoms with Crippen LogP contribution in [0.4, 0.5) is 0 Å². The van der Waals surface area contributed by atoms with E-state index >= 15 is 0 Å². The van der Waals surface area contributed by atoms with Gasteiger partial charge in [0.25, 0.3) is 0 Å². The van der Waals surface area contributed by atoms with Crippen molar-refractivity contribution in [2.45, 2.75) is 43.4 Å². The normalized spacial score (nSPS) is 12.3. The molecule has 0 aliphatic heterocycles. The van der Waals surface area contributed by atoms with Gasteiger partial charge in [-0.1, -0.05) is 49.0 Å². The second-order valence-electron chi connectivity index (χ2n) is 6.31. The van der Waals surface area contributed by atoms with Crippen LogP contribution in [0.25, 0.3) is 16.5 Å². The van der Waals surface area contributed by atoms with Crippen molar-refractivity contribution in [3.8, 4) is 5.69 Å². The number of hydrogen-bond acceptors (Lipinski definition) is 5. The monoisotopic (exact) mass is 421 g/mol. The molecular weight excluding hydrogens is 402 g/mol. The number of thioether (sulfide) groups is 1. The maximum Gasteiger partial charge on any atom is 0.205 e. The van der Waals surface area contributed by atoms with Gasteiger partial charge in [0.05, 0.1) is 10.4 Å². The SMILES string of the molecule is CCc1ccc(-n2c(Br)nnc2SC(C)(C)C(O)O)c2ccccc12. The fourth-order valence-electron chi connectivity index (χ4n) is 2.66. The van der Waals surface area contributed by atoms with E-state index in [1.807, 2.05) is 16.7 Å². The van der Waals surface area contributed by atoms with Crippen molar-refractivity contribution in [3.63, 3.8) is 0 Å². The second-order valence-corrected chi connectivity index (χ2v) is 8.64. The van der Waals surface area contributed by atoms with Crippen molar-refractivity contribution >= 4 is 38.5 Å². The maximum atomic E-state index is 9.62. The van der Waals surface area contributed by atoms with Crippen LogP contribution in [0.5, 0.6) is 0 Å². The molecule has 0 saturated heterocycles. The van der Waals surface area contributed by atoms with E-state index < -0.39 is 11.0 Å². The summed E-state index contributed by atoms with van der Waals surface area (Å²) < 4.78 is 1.66. The minimum atomic E-state index is -1.47. The minimum Gasteiger partial charge on any atom is -0.367 e. The molecule has 2 aromatic carbocycles. The van der Waals surface area contributed by atoms with E-state index in [-0.39, 0.29) is 0 Å². The first kappa shape index (κ1) is 18.4. The third-order valence-corrected chi connectivity index (χ3v) is 5.88. The van der Waals surface area contributed by atoms with Gasteiger partial charge in [0, 0.05) is 5.39 Å². The smallest absolute Gasteiger partial charge is 0.205 e. The Labute approximate surface area is 159 Å². The zero-order chi connectivity index (χ0) is 18.2. The summed E-state index contributed by atoms with van der Waals surface area (Å²) in [5.74, 6) is 0. The number of benzene rings is 2. The molecule has 0 radical (unpaired) electrons. The number of aryl methyl sites for hydroxylation is 1. The van der Waals surface area contributed by atoms with Crippen LogP contribution in [0.1, 0.15) is 26.3 Å². The Morgan fingerprint density at radius 3 is 2.44 bits per heavy atom. The number of halogens is 1. The average Bonchev–Trinajstić information content (AvgIpc) is 2.93. The molecule has 2 N–H and O–H groups in total. The molecule has 132 valence electrons. The molecule has 0 amide bonds. The van der Waals surface area contributed by atoms with Crippen molar-refractivity contribution in [2.75, 3.05) is 0 Å². The highest BCUT2D eigenvalue weighted by Crippen LogP contribution is 2.37. The van der Waals surface area contributed by atoms with E-state index in [9.17, 15) is 10.2 Å². The molecule has 1 aromatic heterocycles. The Balaban J connectivity index is 2.19. The highest BCUT2D eigenvalue weighted by atomic mass is 79.9. The first-order valence-corrected chi connectivity index (χ1v) is 9.63. The van der Waals surface area contributed by atoms with Gasteiger partial charge in [0.2, 0.25) is 4.73 Å². The van der Waals surface area contributed by atoms with Crippen molar-refractivity contribution < 1.29 is 10.2 Å². The molecule has 25 heavy (non-hydrogen) atoms. The number of aromatic nitrogens is 3. The van der Waals surface area contributed by atoms with Crippen molar-refractivity contribution in [2.24, 2.45) is 0 Å². The Morgan fingerprint density at radius 1 is 1.12 bits per heavy atom. The first-order valence-electron chi connectivity index (χ1n) is 8.02. The standard InChI is InChI=1S/C18H20BrN3O2S/c1-4-11-9-10-14(13-8-6-5-7-12(11)13)22-16(19)20-21-17(22)25-18(2,3)15(23)24/h5-10,15,23-24H,4H2,1-3H3. The number of hydrogen-bond donors (Lipinski definition) is 2. The molecule has 0 unspecified atom stereocenters. The third kappa shape index (κ3) is 3.46. The van der Waals surface area contributed by atoms with Gasteiger partial charge in [0.15, 0.2) is 11.4 Å². The lowest BCUT2D eigenvalue weighted by atomic mass is 10.0. The summed E-state index contributed by atoms with van der Waals surface area (Å²) in [6.45, 7) is 5.66. The number of nitrogens with zero attached hydrogens (tertiary/aromatic N) is 3. The highest BCUT2D eigenvalue weighted by molar-refractivity contribution is 9.10. The number of fused-ring (bicyclic) bond motifs is 1. The molecular formula is C18H20BrN3O2S. The molecule has 0 saturated carbocycles. The van der Waals surface area contributed by atoms with Gasteiger partial charge in [0.1, 0.15) is 0 Å². The molecule has 0 fully saturated rings. The summed E-state index contributed by atoms with van der Waals surface area (Å²) in [6, 6.07) is 12.4. The lowest BCUT2D eigenvalue weighted by Gasteiger charge is -2.25. The molecule has 0 bridgehead atoms. The Kier molecular flexibility index (Phi) is 5.20. The van der Waals surface area contributed by atoms with Gasteiger partial charge in [-0.15, -0.1) is 10.2 Å². The summed E-state index contributed by atoms with van der Waals surface area (Å²) in [6.07, 6.45) is -0.518. The van der Waals surface area contributed by atoms with E-state index in [4.69, 9.17) is 0 Å². The molecule has 0 spiro atoms. The quantitative estimate of drug-likeness (QED) is 0.482. The predicted molar refractivity (Wildman–Crippen MR) is 104 cm³/mol. The Bertz CT molecular complexity index is 908. The first-order chi connectivity index (χ1) is 11.8. The third-order valence-electron chi connectivity index (χ3n) is 4.18. The van der Waals surface area contributed by atoms with Crippen molar-refractivity contribution in [1.82, 2.24) is 14.8 Å². The summed E-state index contributed by atoms with van der Waals surface area (Å²) in [5, 5.41) is 30.5. The predicted octanol–water partition coefficient (Wildman–Crippen LogP) is 3.93. The molecule has 3 aromatic rings. The average molecular weight is 422 g/mol. The van der Waals surface area contributed by atoms with Crippen LogP contribution in [0.3, 0.4) is 0 Å². The Hall–Kier alpha value is -1.41. The number of aliphatic hydroxyl groups excluding tert-OH is 1. The molecule has 3 rings (SSSR count). The zero-order valence-corrected chi connectivity index (χ0v) is 16.7. The van der Waals surface area contributed by atoms with Gasteiger partial charge in [-0.2, -0.15) is 0 Å². The van der Waals surface area contributed by atoms with Crippen LogP contribution in [-0.4, -0.2) is 36.0 Å². The maximum absolute atomic E-state index is 9.62. The summed E-state index contributed by atoms with van der Waals surface area (Å²) in [4.78, 5) is 0. The van der Waals surface area contributed by atoms with E-state index in [0.29, 0.717) is 9.89 Å². The van der Waals surface area contributed by atoms with Gasteiger partial charge < -0.3 is 10.2 Å². The van der Waals surface area contributed by atoms with Crippen LogP contribution in [0, 0.1) is 0 Å². The van der Waals surface area contributed by atoms with Crippen LogP contribution >= 0.6 is 27.7 Å². The fraction of sp³-hybridized carbons (Fsp3) is 0.333. The summed E-state index contributed by atoms with van der Waals surface area (Å²) in [7, 11) is 0. The Morgan fingerprint density at radius 2 is 1.80 bits per heavy atom. The summed E-state index contributed by atoms with van der Waals surface area (Å²) in [5.41, 5.74) is 2.24. The van der Waals surface area contributed by atoms with Crippen LogP contribution in [-0.2, 0) is 6.42 Å². The fourth-order valence-corrected chi connectivity index (χ4v) is 4.15. The van der Waals surface area contributed by atoms with Gasteiger partial charge in [-0.25, -0.2) is 0 Å². The molecule has 1 heterocycles. The van der Waals surface area contributed by atoms with Crippen LogP contribution in [0.2, 0.25) is 0 Å². The molecule has 7 heteroatoms. The zero-order valence-electron chi connectivity index (χ0n) is 14.3. The van der Waals surface area contributed by atoms with Gasteiger partial charge in [-0.05, 0) is 53.2 Å². The number of aliphatic hydroxyl groups is 2. The highest BCUT2D eigenvalue weighted by Gasteiger charge is 2.31. The summed E-state index contributed by atoms with van der Waals surface area (Å²) >= 11 is 4.74. The largest absolute Gasteiger partial charge is 0.367 e. The second kappa shape index (κ2) is 7.07. The van der Waals surface area contributed by atoms with E-state index in [1.165, 1.54) is 22.7 Å². The topological polar surface area (TPSA) is 71.2 Å². The van der Waals surface area contributed by atoms with Gasteiger partial charge in [-0.3, -0.25) is 4.57 Å². The van der Waals surface area contributed by atoms with E-state index in [2.05, 4.69) is 57.3 Å². The lowest BCUT2D eigenvalue weighted by molar-refractivity contribution is -0.0606. The molecule has 0 atom stereocenters. The van der Waals surface area contributed by atoms with Gasteiger partial charge >= 0.3 is 0 Å². The minimum absolute atomic E-state index is 0.577. The molecule has 0 aliphatic rings.